The molecule has 0 amide bonds. The number of hydrogen-bond acceptors (Lipinski definition) is 4. The molecule has 5 aromatic rings. The third-order valence-corrected chi connectivity index (χ3v) is 5.75. The standard InChI is InChI=1S/C28H19N2.C5H12O2.Ir/c1-4-10-21(11-5-1)22-16-18-25(19-17-22)28-27(24-14-8-3-9-15-24)29-20-26(30-28)23-12-6-2-7-13-23;1-4(6)3-5(2)7;/h1-14,16-20H;4-7H,3H2,1-2H3;/q-1;;. The second kappa shape index (κ2) is 14.5. The average Bonchev–Trinajstić information content (AvgIpc) is 2.94. The maximum absolute atomic E-state index is 8.56. The Hall–Kier alpha value is -3.47. The molecular weight excluding hydrogens is 649 g/mol. The summed E-state index contributed by atoms with van der Waals surface area (Å²) in [6, 6.07) is 40.2. The van der Waals surface area contributed by atoms with Crippen molar-refractivity contribution in [1.82, 2.24) is 9.97 Å². The molecule has 5 heteroatoms. The molecule has 2 N–H and O–H groups in total. The quantitative estimate of drug-likeness (QED) is 0.188. The molecule has 0 bridgehead atoms. The topological polar surface area (TPSA) is 66.2 Å². The third kappa shape index (κ3) is 8.01. The molecule has 195 valence electrons. The van der Waals surface area contributed by atoms with E-state index in [2.05, 4.69) is 66.7 Å². The van der Waals surface area contributed by atoms with Crippen LogP contribution in [0.5, 0.6) is 0 Å². The number of aromatic nitrogens is 2. The summed E-state index contributed by atoms with van der Waals surface area (Å²) in [5.74, 6) is 0. The van der Waals surface area contributed by atoms with Crippen molar-refractivity contribution in [3.63, 3.8) is 0 Å². The van der Waals surface area contributed by atoms with Gasteiger partial charge in [-0.15, -0.1) is 35.9 Å². The summed E-state index contributed by atoms with van der Waals surface area (Å²) < 4.78 is 0. The molecule has 1 heterocycles. The Balaban J connectivity index is 0.000000444. The summed E-state index contributed by atoms with van der Waals surface area (Å²) in [6.07, 6.45) is 1.56. The summed E-state index contributed by atoms with van der Waals surface area (Å²) >= 11 is 0. The van der Waals surface area contributed by atoms with Gasteiger partial charge in [0.15, 0.2) is 0 Å². The van der Waals surface area contributed by atoms with Crippen LogP contribution in [-0.4, -0.2) is 32.4 Å². The zero-order valence-electron chi connectivity index (χ0n) is 21.5. The molecule has 0 saturated heterocycles. The predicted octanol–water partition coefficient (Wildman–Crippen LogP) is 7.08. The fraction of sp³-hybridized carbons (Fsp3) is 0.152. The van der Waals surface area contributed by atoms with Crippen molar-refractivity contribution in [1.29, 1.82) is 0 Å². The van der Waals surface area contributed by atoms with Gasteiger partial charge >= 0.3 is 0 Å². The molecule has 1 aromatic heterocycles. The minimum absolute atomic E-state index is 0. The Morgan fingerprint density at radius 1 is 0.632 bits per heavy atom. The van der Waals surface area contributed by atoms with Gasteiger partial charge in [-0.2, -0.15) is 0 Å². The predicted molar refractivity (Wildman–Crippen MR) is 151 cm³/mol. The fourth-order valence-electron chi connectivity index (χ4n) is 4.02. The first kappa shape index (κ1) is 29.1. The maximum Gasteiger partial charge on any atom is 0.0873 e. The van der Waals surface area contributed by atoms with E-state index in [1.807, 2.05) is 54.7 Å². The van der Waals surface area contributed by atoms with Crippen LogP contribution in [0.1, 0.15) is 20.3 Å². The Kier molecular flexibility index (Phi) is 11.1. The SMILES string of the molecule is CC(O)CC(C)O.[Ir].[c-]1ccccc1-c1ncc(-c2ccccc2)nc1-c1ccc(-c2ccccc2)cc1. The van der Waals surface area contributed by atoms with Gasteiger partial charge in [-0.05, 0) is 37.0 Å². The van der Waals surface area contributed by atoms with Crippen LogP contribution in [0.3, 0.4) is 0 Å². The van der Waals surface area contributed by atoms with E-state index in [-0.39, 0.29) is 32.3 Å². The second-order valence-electron chi connectivity index (χ2n) is 8.97. The van der Waals surface area contributed by atoms with Gasteiger partial charge in [0.2, 0.25) is 0 Å². The number of rotatable bonds is 6. The Morgan fingerprint density at radius 3 is 1.68 bits per heavy atom. The van der Waals surface area contributed by atoms with Crippen LogP contribution < -0.4 is 0 Å². The van der Waals surface area contributed by atoms with Gasteiger partial charge in [-0.3, -0.25) is 4.98 Å². The van der Waals surface area contributed by atoms with Gasteiger partial charge in [0.1, 0.15) is 0 Å². The molecule has 2 atom stereocenters. The van der Waals surface area contributed by atoms with Crippen molar-refractivity contribution in [2.75, 3.05) is 0 Å². The Morgan fingerprint density at radius 2 is 1.16 bits per heavy atom. The molecule has 0 saturated carbocycles. The van der Waals surface area contributed by atoms with Gasteiger partial charge in [0, 0.05) is 37.6 Å². The molecule has 4 aromatic carbocycles. The van der Waals surface area contributed by atoms with Crippen molar-refractivity contribution in [2.24, 2.45) is 0 Å². The summed E-state index contributed by atoms with van der Waals surface area (Å²) in [5.41, 5.74) is 7.96. The average molecular weight is 680 g/mol. The zero-order valence-corrected chi connectivity index (χ0v) is 23.8. The van der Waals surface area contributed by atoms with Gasteiger partial charge in [-0.1, -0.05) is 84.9 Å². The summed E-state index contributed by atoms with van der Waals surface area (Å²) in [4.78, 5) is 9.80. The number of benzene rings is 4. The number of hydrogen-bond donors (Lipinski definition) is 2. The minimum atomic E-state index is -0.375. The maximum atomic E-state index is 8.56. The summed E-state index contributed by atoms with van der Waals surface area (Å²) in [6.45, 7) is 3.32. The first-order valence-electron chi connectivity index (χ1n) is 12.4. The monoisotopic (exact) mass is 680 g/mol. The van der Waals surface area contributed by atoms with Gasteiger partial charge < -0.3 is 15.2 Å². The minimum Gasteiger partial charge on any atom is -0.393 e. The van der Waals surface area contributed by atoms with E-state index in [1.54, 1.807) is 13.8 Å². The first-order chi connectivity index (χ1) is 18.0. The van der Waals surface area contributed by atoms with E-state index >= 15 is 0 Å². The van der Waals surface area contributed by atoms with Crippen molar-refractivity contribution in [2.45, 2.75) is 32.5 Å². The van der Waals surface area contributed by atoms with Crippen LogP contribution in [0.4, 0.5) is 0 Å². The van der Waals surface area contributed by atoms with Crippen molar-refractivity contribution < 1.29 is 30.3 Å². The van der Waals surface area contributed by atoms with Crippen LogP contribution in [0, 0.1) is 6.07 Å². The van der Waals surface area contributed by atoms with E-state index in [1.165, 1.54) is 11.1 Å². The van der Waals surface area contributed by atoms with E-state index in [0.29, 0.717) is 6.42 Å². The number of aliphatic hydroxyl groups excluding tert-OH is 2. The summed E-state index contributed by atoms with van der Waals surface area (Å²) in [5, 5.41) is 17.1. The molecule has 4 nitrogen and oxygen atoms in total. The Labute approximate surface area is 238 Å². The summed E-state index contributed by atoms with van der Waals surface area (Å²) in [7, 11) is 0. The van der Waals surface area contributed by atoms with Crippen LogP contribution in [0.15, 0.2) is 115 Å². The number of nitrogens with zero attached hydrogens (tertiary/aromatic N) is 2. The van der Waals surface area contributed by atoms with Crippen molar-refractivity contribution in [3.8, 4) is 44.9 Å². The Bertz CT molecular complexity index is 1370. The molecule has 0 aliphatic rings. The molecule has 38 heavy (non-hydrogen) atoms. The molecule has 0 aliphatic heterocycles. The van der Waals surface area contributed by atoms with Crippen LogP contribution in [0.2, 0.25) is 0 Å². The fourth-order valence-corrected chi connectivity index (χ4v) is 4.02. The van der Waals surface area contributed by atoms with Gasteiger partial charge in [0.25, 0.3) is 0 Å². The normalized spacial score (nSPS) is 11.9. The molecule has 0 spiro atoms. The third-order valence-electron chi connectivity index (χ3n) is 5.75. The molecule has 5 rings (SSSR count). The van der Waals surface area contributed by atoms with E-state index in [0.717, 1.165) is 33.8 Å². The number of aliphatic hydroxyl groups is 2. The van der Waals surface area contributed by atoms with Crippen molar-refractivity contribution in [3.05, 3.63) is 121 Å². The molecule has 1 radical (unpaired) electrons. The van der Waals surface area contributed by atoms with Crippen LogP contribution in [-0.2, 0) is 20.1 Å². The van der Waals surface area contributed by atoms with Crippen LogP contribution in [0.25, 0.3) is 44.9 Å². The van der Waals surface area contributed by atoms with Crippen molar-refractivity contribution >= 4 is 0 Å². The zero-order chi connectivity index (χ0) is 26.0. The van der Waals surface area contributed by atoms with Gasteiger partial charge in [0.05, 0.1) is 23.6 Å². The molecule has 0 aliphatic carbocycles. The first-order valence-corrected chi connectivity index (χ1v) is 12.4. The smallest absolute Gasteiger partial charge is 0.0873 e. The van der Waals surface area contributed by atoms with E-state index < -0.39 is 0 Å². The molecule has 2 unspecified atom stereocenters. The molecular formula is C33H31IrN2O2-. The molecule has 0 fully saturated rings. The van der Waals surface area contributed by atoms with E-state index in [4.69, 9.17) is 20.2 Å². The largest absolute Gasteiger partial charge is 0.393 e. The van der Waals surface area contributed by atoms with Gasteiger partial charge in [-0.25, -0.2) is 0 Å². The second-order valence-corrected chi connectivity index (χ2v) is 8.97. The van der Waals surface area contributed by atoms with Crippen LogP contribution >= 0.6 is 0 Å². The van der Waals surface area contributed by atoms with E-state index in [9.17, 15) is 0 Å².